The number of rotatable bonds is 4. The van der Waals surface area contributed by atoms with E-state index >= 15 is 0 Å². The molecule has 0 saturated heterocycles. The second-order valence-corrected chi connectivity index (χ2v) is 5.81. The molecule has 1 heterocycles. The zero-order valence-electron chi connectivity index (χ0n) is 14.8. The molecule has 1 amide bonds. The minimum absolute atomic E-state index is 0.0116. The average molecular weight is 392 g/mol. The number of carbonyl (C=O) groups excluding carboxylic acids is 1. The van der Waals surface area contributed by atoms with E-state index in [-0.39, 0.29) is 16.5 Å². The number of anilines is 1. The summed E-state index contributed by atoms with van der Waals surface area (Å²) in [7, 11) is 2.90. The lowest BCUT2D eigenvalue weighted by Gasteiger charge is -2.11. The summed E-state index contributed by atoms with van der Waals surface area (Å²) >= 11 is 0. The molecule has 1 aromatic heterocycles. The summed E-state index contributed by atoms with van der Waals surface area (Å²) in [6.45, 7) is 0. The quantitative estimate of drug-likeness (QED) is 0.708. The monoisotopic (exact) mass is 392 g/mol. The van der Waals surface area contributed by atoms with Gasteiger partial charge >= 0.3 is 6.18 Å². The maximum Gasteiger partial charge on any atom is 0.416 e. The summed E-state index contributed by atoms with van der Waals surface area (Å²) in [4.78, 5) is 27.6. The minimum Gasteiger partial charge on any atom is -0.493 e. The highest BCUT2D eigenvalue weighted by Gasteiger charge is 2.30. The number of pyridine rings is 1. The number of aromatic nitrogens is 1. The minimum atomic E-state index is -4.53. The Bertz CT molecular complexity index is 1110. The SMILES string of the molecule is COc1ccc(NC(=O)c2c[nH]c3cc(C(F)(F)F)ccc3c2=O)cc1OC. The van der Waals surface area contributed by atoms with E-state index in [2.05, 4.69) is 10.3 Å². The number of fused-ring (bicyclic) bond motifs is 1. The van der Waals surface area contributed by atoms with Gasteiger partial charge in [-0.15, -0.1) is 0 Å². The molecule has 0 unspecified atom stereocenters. The van der Waals surface area contributed by atoms with E-state index in [4.69, 9.17) is 9.47 Å². The van der Waals surface area contributed by atoms with E-state index in [0.29, 0.717) is 17.2 Å². The molecule has 0 bridgehead atoms. The van der Waals surface area contributed by atoms with Crippen molar-refractivity contribution >= 4 is 22.5 Å². The van der Waals surface area contributed by atoms with E-state index < -0.39 is 23.1 Å². The Morgan fingerprint density at radius 1 is 1.04 bits per heavy atom. The molecule has 0 saturated carbocycles. The van der Waals surface area contributed by atoms with Gasteiger partial charge in [-0.25, -0.2) is 0 Å². The molecular weight excluding hydrogens is 377 g/mol. The number of aromatic amines is 1. The summed E-state index contributed by atoms with van der Waals surface area (Å²) in [5.41, 5.74) is -1.46. The second kappa shape index (κ2) is 7.26. The predicted octanol–water partition coefficient (Wildman–Crippen LogP) is 3.82. The zero-order chi connectivity index (χ0) is 20.5. The Kier molecular flexibility index (Phi) is 5.00. The standard InChI is InChI=1S/C19H15F3N2O4/c1-27-15-6-4-11(8-16(15)28-2)24-18(26)13-9-23-14-7-10(19(20,21)22)3-5-12(14)17(13)25/h3-9H,1-2H3,(H,23,25)(H,24,26). The van der Waals surface area contributed by atoms with Crippen molar-refractivity contribution in [1.82, 2.24) is 4.98 Å². The molecule has 3 aromatic rings. The summed E-state index contributed by atoms with van der Waals surface area (Å²) in [5.74, 6) is 0.132. The van der Waals surface area contributed by atoms with E-state index in [0.717, 1.165) is 24.4 Å². The number of carbonyl (C=O) groups is 1. The van der Waals surface area contributed by atoms with Crippen molar-refractivity contribution in [2.75, 3.05) is 19.5 Å². The van der Waals surface area contributed by atoms with E-state index in [9.17, 15) is 22.8 Å². The van der Waals surface area contributed by atoms with Crippen LogP contribution in [-0.4, -0.2) is 25.1 Å². The van der Waals surface area contributed by atoms with Crippen LogP contribution in [0.2, 0.25) is 0 Å². The van der Waals surface area contributed by atoms with Crippen molar-refractivity contribution < 1.29 is 27.4 Å². The molecule has 6 nitrogen and oxygen atoms in total. The van der Waals surface area contributed by atoms with Crippen molar-refractivity contribution in [1.29, 1.82) is 0 Å². The molecule has 3 rings (SSSR count). The number of amides is 1. The van der Waals surface area contributed by atoms with E-state index in [1.165, 1.54) is 20.3 Å². The van der Waals surface area contributed by atoms with Gasteiger partial charge in [0.15, 0.2) is 11.5 Å². The van der Waals surface area contributed by atoms with Gasteiger partial charge < -0.3 is 19.8 Å². The molecule has 146 valence electrons. The first kappa shape index (κ1) is 19.3. The predicted molar refractivity (Wildman–Crippen MR) is 97.1 cm³/mol. The lowest BCUT2D eigenvalue weighted by Crippen LogP contribution is -2.22. The van der Waals surface area contributed by atoms with E-state index in [1.54, 1.807) is 12.1 Å². The number of ether oxygens (including phenoxy) is 2. The van der Waals surface area contributed by atoms with Crippen molar-refractivity contribution in [2.45, 2.75) is 6.18 Å². The van der Waals surface area contributed by atoms with Crippen LogP contribution in [0.15, 0.2) is 47.4 Å². The Labute approximate surface area is 156 Å². The fourth-order valence-electron chi connectivity index (χ4n) is 2.68. The normalized spacial score (nSPS) is 11.3. The van der Waals surface area contributed by atoms with Gasteiger partial charge in [-0.05, 0) is 30.3 Å². The smallest absolute Gasteiger partial charge is 0.416 e. The molecule has 0 spiro atoms. The van der Waals surface area contributed by atoms with Crippen molar-refractivity contribution in [3.63, 3.8) is 0 Å². The molecule has 2 aromatic carbocycles. The molecule has 2 N–H and O–H groups in total. The molecule has 0 radical (unpaired) electrons. The largest absolute Gasteiger partial charge is 0.493 e. The number of methoxy groups -OCH3 is 2. The summed E-state index contributed by atoms with van der Waals surface area (Å²) in [5, 5.41) is 2.53. The maximum absolute atomic E-state index is 12.8. The van der Waals surface area contributed by atoms with Gasteiger partial charge in [0, 0.05) is 28.9 Å². The number of alkyl halides is 3. The van der Waals surface area contributed by atoms with Crippen LogP contribution < -0.4 is 20.2 Å². The second-order valence-electron chi connectivity index (χ2n) is 5.81. The molecule has 28 heavy (non-hydrogen) atoms. The molecule has 0 aliphatic carbocycles. The van der Waals surface area contributed by atoms with Crippen molar-refractivity contribution in [3.8, 4) is 11.5 Å². The Hall–Kier alpha value is -3.49. The summed E-state index contributed by atoms with van der Waals surface area (Å²) in [6, 6.07) is 7.33. The van der Waals surface area contributed by atoms with Gasteiger partial charge in [0.25, 0.3) is 5.91 Å². The Morgan fingerprint density at radius 2 is 1.75 bits per heavy atom. The average Bonchev–Trinajstić information content (AvgIpc) is 2.67. The lowest BCUT2D eigenvalue weighted by molar-refractivity contribution is -0.137. The van der Waals surface area contributed by atoms with Crippen LogP contribution in [0.4, 0.5) is 18.9 Å². The molecule has 0 aliphatic heterocycles. The first-order chi connectivity index (χ1) is 13.2. The van der Waals surface area contributed by atoms with Crippen LogP contribution in [0.1, 0.15) is 15.9 Å². The van der Waals surface area contributed by atoms with Crippen LogP contribution in [0, 0.1) is 0 Å². The van der Waals surface area contributed by atoms with Crippen molar-refractivity contribution in [3.05, 3.63) is 63.9 Å². The topological polar surface area (TPSA) is 80.4 Å². The molecule has 9 heteroatoms. The van der Waals surface area contributed by atoms with Crippen LogP contribution in [0.25, 0.3) is 10.9 Å². The lowest BCUT2D eigenvalue weighted by atomic mass is 10.1. The third-order valence-electron chi connectivity index (χ3n) is 4.09. The van der Waals surface area contributed by atoms with Gasteiger partial charge in [-0.3, -0.25) is 9.59 Å². The highest BCUT2D eigenvalue weighted by Crippen LogP contribution is 2.31. The van der Waals surface area contributed by atoms with Crippen molar-refractivity contribution in [2.24, 2.45) is 0 Å². The number of H-pyrrole nitrogens is 1. The van der Waals surface area contributed by atoms with Crippen LogP contribution in [0.5, 0.6) is 11.5 Å². The summed E-state index contributed by atoms with van der Waals surface area (Å²) in [6.07, 6.45) is -3.45. The highest BCUT2D eigenvalue weighted by molar-refractivity contribution is 6.05. The number of benzene rings is 2. The fourth-order valence-corrected chi connectivity index (χ4v) is 2.68. The number of halogens is 3. The molecule has 0 atom stereocenters. The first-order valence-electron chi connectivity index (χ1n) is 8.00. The van der Waals surface area contributed by atoms with Crippen LogP contribution in [0.3, 0.4) is 0 Å². The van der Waals surface area contributed by atoms with Gasteiger partial charge in [0.2, 0.25) is 5.43 Å². The molecular formula is C19H15F3N2O4. The van der Waals surface area contributed by atoms with Crippen LogP contribution >= 0.6 is 0 Å². The number of hydrogen-bond acceptors (Lipinski definition) is 4. The Balaban J connectivity index is 1.94. The molecule has 0 fully saturated rings. The Morgan fingerprint density at radius 3 is 2.39 bits per heavy atom. The maximum atomic E-state index is 12.8. The number of nitrogens with one attached hydrogen (secondary N) is 2. The van der Waals surface area contributed by atoms with Gasteiger partial charge in [-0.2, -0.15) is 13.2 Å². The number of hydrogen-bond donors (Lipinski definition) is 2. The molecule has 0 aliphatic rings. The van der Waals surface area contributed by atoms with Gasteiger partial charge in [0.1, 0.15) is 5.56 Å². The first-order valence-corrected chi connectivity index (χ1v) is 8.00. The summed E-state index contributed by atoms with van der Waals surface area (Å²) < 4.78 is 48.7. The third-order valence-corrected chi connectivity index (χ3v) is 4.09. The van der Waals surface area contributed by atoms with E-state index in [1.807, 2.05) is 0 Å². The zero-order valence-corrected chi connectivity index (χ0v) is 14.8. The third kappa shape index (κ3) is 3.64. The van der Waals surface area contributed by atoms with Gasteiger partial charge in [-0.1, -0.05) is 0 Å². The fraction of sp³-hybridized carbons (Fsp3) is 0.158. The van der Waals surface area contributed by atoms with Crippen LogP contribution in [-0.2, 0) is 6.18 Å². The van der Waals surface area contributed by atoms with Gasteiger partial charge in [0.05, 0.1) is 19.8 Å². The highest BCUT2D eigenvalue weighted by atomic mass is 19.4.